The van der Waals surface area contributed by atoms with Gasteiger partial charge in [0.2, 0.25) is 0 Å². The van der Waals surface area contributed by atoms with Gasteiger partial charge in [-0.15, -0.1) is 11.3 Å². The van der Waals surface area contributed by atoms with Crippen LogP contribution in [0.25, 0.3) is 10.1 Å². The number of nitrogens with one attached hydrogen (secondary N) is 1. The molecular weight excluding hydrogens is 416 g/mol. The number of carbonyl (C=O) groups excluding carboxylic acids is 1. The normalized spacial score (nSPS) is 10.8. The Morgan fingerprint density at radius 3 is 2.71 bits per heavy atom. The van der Waals surface area contributed by atoms with E-state index in [9.17, 15) is 14.9 Å². The van der Waals surface area contributed by atoms with Crippen LogP contribution in [0.4, 0.5) is 11.4 Å². The van der Waals surface area contributed by atoms with Crippen LogP contribution in [0.2, 0.25) is 5.02 Å². The minimum absolute atomic E-state index is 0.0600. The van der Waals surface area contributed by atoms with Crippen LogP contribution in [-0.4, -0.2) is 10.8 Å². The third-order valence-corrected chi connectivity index (χ3v) is 5.71. The number of hydrogen-bond donors (Lipinski definition) is 1. The van der Waals surface area contributed by atoms with E-state index >= 15 is 0 Å². The number of halogens is 2. The van der Waals surface area contributed by atoms with Crippen molar-refractivity contribution in [2.75, 3.05) is 5.32 Å². The predicted octanol–water partition coefficient (Wildman–Crippen LogP) is 5.79. The Morgan fingerprint density at radius 1 is 1.29 bits per heavy atom. The molecule has 0 unspecified atom stereocenters. The summed E-state index contributed by atoms with van der Waals surface area (Å²) in [7, 11) is 0. The van der Waals surface area contributed by atoms with Crippen LogP contribution in [0, 0.1) is 17.0 Å². The number of anilines is 1. The first-order chi connectivity index (χ1) is 11.4. The van der Waals surface area contributed by atoms with Crippen LogP contribution < -0.4 is 5.32 Å². The molecule has 1 heterocycles. The van der Waals surface area contributed by atoms with Gasteiger partial charge in [-0.05, 0) is 40.5 Å². The summed E-state index contributed by atoms with van der Waals surface area (Å²) in [5.41, 5.74) is 1.47. The Hall–Kier alpha value is -1.96. The Bertz CT molecular complexity index is 987. The second-order valence-corrected chi connectivity index (χ2v) is 7.40. The number of non-ortho nitro benzene ring substituents is 1. The van der Waals surface area contributed by atoms with Gasteiger partial charge in [-0.1, -0.05) is 23.7 Å². The number of hydrogen-bond acceptors (Lipinski definition) is 4. The Morgan fingerprint density at radius 2 is 2.04 bits per heavy atom. The van der Waals surface area contributed by atoms with Gasteiger partial charge in [0.15, 0.2) is 0 Å². The summed E-state index contributed by atoms with van der Waals surface area (Å²) in [6.45, 7) is 1.97. The van der Waals surface area contributed by atoms with Crippen molar-refractivity contribution in [1.82, 2.24) is 0 Å². The van der Waals surface area contributed by atoms with Gasteiger partial charge in [-0.25, -0.2) is 0 Å². The van der Waals surface area contributed by atoms with E-state index in [-0.39, 0.29) is 11.6 Å². The molecule has 1 N–H and O–H groups in total. The van der Waals surface area contributed by atoms with Crippen LogP contribution >= 0.6 is 38.9 Å². The maximum absolute atomic E-state index is 12.5. The zero-order valence-electron chi connectivity index (χ0n) is 12.3. The first kappa shape index (κ1) is 16.9. The summed E-state index contributed by atoms with van der Waals surface area (Å²) in [6.07, 6.45) is 0. The van der Waals surface area contributed by atoms with Crippen LogP contribution in [0.5, 0.6) is 0 Å². The summed E-state index contributed by atoms with van der Waals surface area (Å²) < 4.78 is 1.37. The Balaban J connectivity index is 1.93. The molecule has 0 radical (unpaired) electrons. The molecule has 0 fully saturated rings. The number of benzene rings is 2. The van der Waals surface area contributed by atoms with Gasteiger partial charge in [0.1, 0.15) is 4.88 Å². The van der Waals surface area contributed by atoms with Gasteiger partial charge in [0, 0.05) is 26.7 Å². The second-order valence-electron chi connectivity index (χ2n) is 5.12. The zero-order chi connectivity index (χ0) is 17.4. The fourth-order valence-corrected chi connectivity index (χ4v) is 4.19. The quantitative estimate of drug-likeness (QED) is 0.426. The minimum Gasteiger partial charge on any atom is -0.320 e. The van der Waals surface area contributed by atoms with Crippen molar-refractivity contribution >= 4 is 66.2 Å². The van der Waals surface area contributed by atoms with Crippen molar-refractivity contribution in [3.05, 3.63) is 66.4 Å². The number of thiophene rings is 1. The maximum Gasteiger partial charge on any atom is 0.270 e. The van der Waals surface area contributed by atoms with Gasteiger partial charge in [-0.3, -0.25) is 14.9 Å². The highest BCUT2D eigenvalue weighted by Crippen LogP contribution is 2.37. The lowest BCUT2D eigenvalue weighted by Gasteiger charge is -2.06. The number of carbonyl (C=O) groups is 1. The second kappa shape index (κ2) is 6.51. The van der Waals surface area contributed by atoms with E-state index in [0.29, 0.717) is 20.1 Å². The van der Waals surface area contributed by atoms with Gasteiger partial charge in [0.05, 0.1) is 15.6 Å². The Kier molecular flexibility index (Phi) is 4.58. The molecule has 3 aromatic rings. The molecule has 122 valence electrons. The predicted molar refractivity (Wildman–Crippen MR) is 100 cm³/mol. The molecule has 0 bridgehead atoms. The highest BCUT2D eigenvalue weighted by Gasteiger charge is 2.19. The molecule has 8 heteroatoms. The highest BCUT2D eigenvalue weighted by atomic mass is 79.9. The molecule has 5 nitrogen and oxygen atoms in total. The van der Waals surface area contributed by atoms with Gasteiger partial charge in [-0.2, -0.15) is 0 Å². The van der Waals surface area contributed by atoms with Crippen LogP contribution in [0.3, 0.4) is 0 Å². The number of nitro benzene ring substituents is 1. The van der Waals surface area contributed by atoms with E-state index in [4.69, 9.17) is 11.6 Å². The number of rotatable bonds is 3. The maximum atomic E-state index is 12.5. The average Bonchev–Trinajstić information content (AvgIpc) is 2.85. The molecule has 1 amide bonds. The van der Waals surface area contributed by atoms with Crippen molar-refractivity contribution < 1.29 is 9.72 Å². The lowest BCUT2D eigenvalue weighted by atomic mass is 10.2. The van der Waals surface area contributed by atoms with E-state index in [1.165, 1.54) is 29.5 Å². The van der Waals surface area contributed by atoms with Crippen molar-refractivity contribution in [2.24, 2.45) is 0 Å². The topological polar surface area (TPSA) is 72.2 Å². The summed E-state index contributed by atoms with van der Waals surface area (Å²) in [6, 6.07) is 9.95. The van der Waals surface area contributed by atoms with E-state index in [2.05, 4.69) is 21.2 Å². The number of nitro groups is 1. The first-order valence-corrected chi connectivity index (χ1v) is 8.79. The lowest BCUT2D eigenvalue weighted by molar-refractivity contribution is -0.384. The standard InChI is InChI=1S/C16H10BrClN2O3S/c1-8-2-4-10-13(6-8)24-15(14(10)18)16(21)19-12-5-3-9(20(22)23)7-11(12)17/h2-7H,1H3,(H,19,21). The van der Waals surface area contributed by atoms with Crippen LogP contribution in [0.15, 0.2) is 40.9 Å². The summed E-state index contributed by atoms with van der Waals surface area (Å²) in [5.74, 6) is -0.353. The molecule has 1 aromatic heterocycles. The molecular formula is C16H10BrClN2O3S. The highest BCUT2D eigenvalue weighted by molar-refractivity contribution is 9.10. The van der Waals surface area contributed by atoms with E-state index in [1.54, 1.807) is 0 Å². The number of aryl methyl sites for hydroxylation is 1. The van der Waals surface area contributed by atoms with Gasteiger partial charge in [0.25, 0.3) is 11.6 Å². The van der Waals surface area contributed by atoms with E-state index in [1.807, 2.05) is 25.1 Å². The fourth-order valence-electron chi connectivity index (χ4n) is 2.22. The van der Waals surface area contributed by atoms with Crippen molar-refractivity contribution in [2.45, 2.75) is 6.92 Å². The minimum atomic E-state index is -0.498. The summed E-state index contributed by atoms with van der Waals surface area (Å²) in [5, 5.41) is 14.7. The molecule has 0 saturated heterocycles. The largest absolute Gasteiger partial charge is 0.320 e. The fraction of sp³-hybridized carbons (Fsp3) is 0.0625. The molecule has 0 aliphatic rings. The SMILES string of the molecule is Cc1ccc2c(Cl)c(C(=O)Nc3ccc([N+](=O)[O-])cc3Br)sc2c1. The molecule has 0 aliphatic heterocycles. The average molecular weight is 426 g/mol. The number of amides is 1. The number of nitrogens with zero attached hydrogens (tertiary/aromatic N) is 1. The lowest BCUT2D eigenvalue weighted by Crippen LogP contribution is -2.11. The third-order valence-electron chi connectivity index (χ3n) is 3.40. The molecule has 2 aromatic carbocycles. The van der Waals surface area contributed by atoms with Crippen molar-refractivity contribution in [3.8, 4) is 0 Å². The first-order valence-electron chi connectivity index (χ1n) is 6.81. The van der Waals surface area contributed by atoms with Crippen LogP contribution in [-0.2, 0) is 0 Å². The molecule has 24 heavy (non-hydrogen) atoms. The van der Waals surface area contributed by atoms with E-state index < -0.39 is 4.92 Å². The molecule has 0 saturated carbocycles. The van der Waals surface area contributed by atoms with Crippen molar-refractivity contribution in [1.29, 1.82) is 0 Å². The molecule has 0 spiro atoms. The van der Waals surface area contributed by atoms with Crippen molar-refractivity contribution in [3.63, 3.8) is 0 Å². The molecule has 0 atom stereocenters. The van der Waals surface area contributed by atoms with E-state index in [0.717, 1.165) is 15.6 Å². The smallest absolute Gasteiger partial charge is 0.270 e. The molecule has 3 rings (SSSR count). The number of fused-ring (bicyclic) bond motifs is 1. The third kappa shape index (κ3) is 3.15. The zero-order valence-corrected chi connectivity index (χ0v) is 15.5. The summed E-state index contributed by atoms with van der Waals surface area (Å²) >= 11 is 10.9. The molecule has 0 aliphatic carbocycles. The summed E-state index contributed by atoms with van der Waals surface area (Å²) in [4.78, 5) is 23.2. The van der Waals surface area contributed by atoms with Crippen LogP contribution in [0.1, 0.15) is 15.2 Å². The van der Waals surface area contributed by atoms with Gasteiger partial charge >= 0.3 is 0 Å². The Labute approximate surface area is 154 Å². The monoisotopic (exact) mass is 424 g/mol. The van der Waals surface area contributed by atoms with Gasteiger partial charge < -0.3 is 5.32 Å².